The Hall–Kier alpha value is -0.160. The first-order valence-electron chi connectivity index (χ1n) is 8.05. The summed E-state index contributed by atoms with van der Waals surface area (Å²) in [6.07, 6.45) is 9.54. The molecule has 19 heavy (non-hydrogen) atoms. The van der Waals surface area contributed by atoms with Crippen LogP contribution in [0.2, 0.25) is 0 Å². The van der Waals surface area contributed by atoms with Gasteiger partial charge in [-0.25, -0.2) is 0 Å². The third kappa shape index (κ3) is 4.42. The van der Waals surface area contributed by atoms with E-state index in [0.717, 1.165) is 5.92 Å². The van der Waals surface area contributed by atoms with Crippen LogP contribution in [-0.2, 0) is 0 Å². The Morgan fingerprint density at radius 3 is 2.42 bits per heavy atom. The van der Waals surface area contributed by atoms with E-state index in [4.69, 9.17) is 5.84 Å². The lowest BCUT2D eigenvalue weighted by molar-refractivity contribution is 0.0928. The van der Waals surface area contributed by atoms with Crippen molar-refractivity contribution < 1.29 is 0 Å². The number of hydrogen-bond donors (Lipinski definition) is 2. The summed E-state index contributed by atoms with van der Waals surface area (Å²) in [6, 6.07) is 1.15. The second-order valence-electron chi connectivity index (χ2n) is 6.66. The van der Waals surface area contributed by atoms with Gasteiger partial charge in [-0.1, -0.05) is 25.7 Å². The molecule has 2 unspecified atom stereocenters. The summed E-state index contributed by atoms with van der Waals surface area (Å²) in [4.78, 5) is 4.96. The van der Waals surface area contributed by atoms with Crippen molar-refractivity contribution in [1.29, 1.82) is 0 Å². The van der Waals surface area contributed by atoms with Crippen LogP contribution in [0.3, 0.4) is 0 Å². The highest BCUT2D eigenvalue weighted by Gasteiger charge is 2.29. The molecule has 1 aliphatic carbocycles. The van der Waals surface area contributed by atoms with Crippen molar-refractivity contribution >= 4 is 0 Å². The van der Waals surface area contributed by atoms with Crippen LogP contribution in [-0.4, -0.2) is 55.6 Å². The van der Waals surface area contributed by atoms with E-state index >= 15 is 0 Å². The molecule has 1 saturated carbocycles. The molecule has 2 atom stereocenters. The molecule has 4 heteroatoms. The summed E-state index contributed by atoms with van der Waals surface area (Å²) in [5, 5.41) is 0. The number of nitrogens with one attached hydrogen (secondary N) is 1. The van der Waals surface area contributed by atoms with Crippen LogP contribution in [0.4, 0.5) is 0 Å². The van der Waals surface area contributed by atoms with E-state index in [0.29, 0.717) is 12.1 Å². The number of nitrogens with two attached hydrogens (primary N) is 1. The van der Waals surface area contributed by atoms with Gasteiger partial charge in [0.25, 0.3) is 0 Å². The fourth-order valence-corrected chi connectivity index (χ4v) is 3.76. The minimum atomic E-state index is 0.497. The Labute approximate surface area is 118 Å². The van der Waals surface area contributed by atoms with Gasteiger partial charge in [-0.2, -0.15) is 0 Å². The zero-order valence-electron chi connectivity index (χ0n) is 12.8. The lowest BCUT2D eigenvalue weighted by Crippen LogP contribution is -2.54. The SMILES string of the molecule is CN1CCN(C)C(CC(NN)C2CCCCCC2)C1. The molecule has 112 valence electrons. The summed E-state index contributed by atoms with van der Waals surface area (Å²) in [5.41, 5.74) is 3.14. The van der Waals surface area contributed by atoms with Crippen LogP contribution in [0.5, 0.6) is 0 Å². The van der Waals surface area contributed by atoms with E-state index in [1.165, 1.54) is 64.6 Å². The van der Waals surface area contributed by atoms with Crippen molar-refractivity contribution in [2.45, 2.75) is 57.0 Å². The summed E-state index contributed by atoms with van der Waals surface area (Å²) >= 11 is 0. The molecule has 1 aliphatic heterocycles. The average molecular weight is 268 g/mol. The summed E-state index contributed by atoms with van der Waals surface area (Å²) in [5.74, 6) is 6.66. The normalized spacial score (nSPS) is 30.2. The highest BCUT2D eigenvalue weighted by atomic mass is 15.3. The molecular formula is C15H32N4. The molecule has 2 aliphatic rings. The zero-order valence-corrected chi connectivity index (χ0v) is 12.8. The fourth-order valence-electron chi connectivity index (χ4n) is 3.76. The van der Waals surface area contributed by atoms with E-state index in [1.54, 1.807) is 0 Å². The van der Waals surface area contributed by atoms with E-state index < -0.39 is 0 Å². The maximum Gasteiger partial charge on any atom is 0.0254 e. The Balaban J connectivity index is 1.89. The zero-order chi connectivity index (χ0) is 13.7. The topological polar surface area (TPSA) is 44.5 Å². The van der Waals surface area contributed by atoms with Gasteiger partial charge in [-0.05, 0) is 39.3 Å². The quantitative estimate of drug-likeness (QED) is 0.460. The highest BCUT2D eigenvalue weighted by Crippen LogP contribution is 2.28. The molecule has 4 nitrogen and oxygen atoms in total. The predicted molar refractivity (Wildman–Crippen MR) is 80.8 cm³/mol. The van der Waals surface area contributed by atoms with Crippen LogP contribution in [0, 0.1) is 5.92 Å². The summed E-state index contributed by atoms with van der Waals surface area (Å²) in [7, 11) is 4.49. The third-order valence-corrected chi connectivity index (χ3v) is 5.19. The molecule has 1 heterocycles. The number of nitrogens with zero attached hydrogens (tertiary/aromatic N) is 2. The first-order chi connectivity index (χ1) is 9.20. The molecule has 0 aromatic rings. The summed E-state index contributed by atoms with van der Waals surface area (Å²) in [6.45, 7) is 3.56. The molecule has 0 bridgehead atoms. The molecule has 1 saturated heterocycles. The number of likely N-dealkylation sites (N-methyl/N-ethyl adjacent to an activating group) is 2. The maximum atomic E-state index is 5.87. The molecule has 0 aromatic heterocycles. The van der Waals surface area contributed by atoms with Gasteiger partial charge >= 0.3 is 0 Å². The smallest absolute Gasteiger partial charge is 0.0254 e. The molecule has 0 aromatic carbocycles. The second-order valence-corrected chi connectivity index (χ2v) is 6.66. The van der Waals surface area contributed by atoms with E-state index in [1.807, 2.05) is 0 Å². The minimum absolute atomic E-state index is 0.497. The Morgan fingerprint density at radius 1 is 1.11 bits per heavy atom. The van der Waals surface area contributed by atoms with Gasteiger partial charge in [0, 0.05) is 31.7 Å². The van der Waals surface area contributed by atoms with Crippen LogP contribution in [0.25, 0.3) is 0 Å². The van der Waals surface area contributed by atoms with Crippen molar-refractivity contribution in [3.63, 3.8) is 0 Å². The number of rotatable bonds is 4. The molecule has 2 rings (SSSR count). The van der Waals surface area contributed by atoms with Crippen molar-refractivity contribution in [2.24, 2.45) is 11.8 Å². The van der Waals surface area contributed by atoms with Gasteiger partial charge in [-0.3, -0.25) is 11.3 Å². The number of piperazine rings is 1. The van der Waals surface area contributed by atoms with E-state index in [2.05, 4.69) is 29.3 Å². The fraction of sp³-hybridized carbons (Fsp3) is 1.00. The molecule has 3 N–H and O–H groups in total. The van der Waals surface area contributed by atoms with Gasteiger partial charge in [-0.15, -0.1) is 0 Å². The van der Waals surface area contributed by atoms with Crippen LogP contribution in [0.1, 0.15) is 44.9 Å². The lowest BCUT2D eigenvalue weighted by atomic mass is 9.87. The largest absolute Gasteiger partial charge is 0.304 e. The van der Waals surface area contributed by atoms with Crippen molar-refractivity contribution in [3.8, 4) is 0 Å². The van der Waals surface area contributed by atoms with Crippen molar-refractivity contribution in [3.05, 3.63) is 0 Å². The standard InChI is InChI=1S/C15H32N4/c1-18-9-10-19(2)14(12-18)11-15(17-16)13-7-5-3-4-6-8-13/h13-15,17H,3-12,16H2,1-2H3. The van der Waals surface area contributed by atoms with Gasteiger partial charge in [0.1, 0.15) is 0 Å². The van der Waals surface area contributed by atoms with Gasteiger partial charge < -0.3 is 9.80 Å². The van der Waals surface area contributed by atoms with Crippen molar-refractivity contribution in [2.75, 3.05) is 33.7 Å². The average Bonchev–Trinajstić information content (AvgIpc) is 2.68. The van der Waals surface area contributed by atoms with Gasteiger partial charge in [0.05, 0.1) is 0 Å². The monoisotopic (exact) mass is 268 g/mol. The molecule has 0 radical (unpaired) electrons. The molecule has 0 amide bonds. The molecular weight excluding hydrogens is 236 g/mol. The second kappa shape index (κ2) is 7.58. The van der Waals surface area contributed by atoms with E-state index in [9.17, 15) is 0 Å². The van der Waals surface area contributed by atoms with Crippen LogP contribution < -0.4 is 11.3 Å². The van der Waals surface area contributed by atoms with Crippen LogP contribution in [0.15, 0.2) is 0 Å². The Kier molecular flexibility index (Phi) is 6.07. The Bertz CT molecular complexity index is 251. The summed E-state index contributed by atoms with van der Waals surface area (Å²) < 4.78 is 0. The van der Waals surface area contributed by atoms with Gasteiger partial charge in [0.2, 0.25) is 0 Å². The van der Waals surface area contributed by atoms with Crippen molar-refractivity contribution in [1.82, 2.24) is 15.2 Å². The van der Waals surface area contributed by atoms with Gasteiger partial charge in [0.15, 0.2) is 0 Å². The highest BCUT2D eigenvalue weighted by molar-refractivity contribution is 4.86. The van der Waals surface area contributed by atoms with E-state index in [-0.39, 0.29) is 0 Å². The lowest BCUT2D eigenvalue weighted by Gasteiger charge is -2.40. The number of hydrazine groups is 1. The molecule has 0 spiro atoms. The predicted octanol–water partition coefficient (Wildman–Crippen LogP) is 1.42. The third-order valence-electron chi connectivity index (χ3n) is 5.19. The maximum absolute atomic E-state index is 5.87. The molecule has 2 fully saturated rings. The number of hydrogen-bond acceptors (Lipinski definition) is 4. The first kappa shape index (κ1) is 15.2. The Morgan fingerprint density at radius 2 is 1.79 bits per heavy atom. The first-order valence-corrected chi connectivity index (χ1v) is 8.05. The van der Waals surface area contributed by atoms with Crippen LogP contribution >= 0.6 is 0 Å². The minimum Gasteiger partial charge on any atom is -0.304 e.